The molecule has 2 aromatic rings. The lowest BCUT2D eigenvalue weighted by Crippen LogP contribution is -2.45. The zero-order valence-corrected chi connectivity index (χ0v) is 18.1. The van der Waals surface area contributed by atoms with E-state index in [1.165, 1.54) is 11.8 Å². The summed E-state index contributed by atoms with van der Waals surface area (Å²) in [5.74, 6) is -0.342. The van der Waals surface area contributed by atoms with Crippen molar-refractivity contribution in [2.75, 3.05) is 0 Å². The minimum absolute atomic E-state index is 0.342. The normalized spacial score (nSPS) is 21.8. The molecule has 0 unspecified atom stereocenters. The van der Waals surface area contributed by atoms with Crippen LogP contribution in [0, 0.1) is 0 Å². The summed E-state index contributed by atoms with van der Waals surface area (Å²) in [6.07, 6.45) is 1.23. The highest BCUT2D eigenvalue weighted by Crippen LogP contribution is 2.46. The van der Waals surface area contributed by atoms with Gasteiger partial charge in [0, 0.05) is 15.6 Å². The Morgan fingerprint density at radius 2 is 1.59 bits per heavy atom. The van der Waals surface area contributed by atoms with Crippen molar-refractivity contribution < 1.29 is 9.53 Å². The molecule has 0 N–H and O–H groups in total. The average Bonchev–Trinajstić information content (AvgIpc) is 2.65. The zero-order chi connectivity index (χ0) is 19.6. The number of hydrogen-bond donors (Lipinski definition) is 0. The molecule has 2 nitrogen and oxygen atoms in total. The molecule has 0 radical (unpaired) electrons. The summed E-state index contributed by atoms with van der Waals surface area (Å²) >= 11 is 19.1. The van der Waals surface area contributed by atoms with Gasteiger partial charge in [0.1, 0.15) is 5.41 Å². The maximum Gasteiger partial charge on any atom is 0.328 e. The van der Waals surface area contributed by atoms with E-state index < -0.39 is 5.41 Å². The van der Waals surface area contributed by atoms with Crippen LogP contribution in [0.25, 0.3) is 5.57 Å². The molecule has 1 saturated heterocycles. The second-order valence-corrected chi connectivity index (χ2v) is 8.69. The summed E-state index contributed by atoms with van der Waals surface area (Å²) in [6.45, 7) is 3.96. The van der Waals surface area contributed by atoms with Crippen LogP contribution in [0.2, 0.25) is 10.0 Å². The van der Waals surface area contributed by atoms with Crippen molar-refractivity contribution in [1.82, 2.24) is 0 Å². The predicted octanol–water partition coefficient (Wildman–Crippen LogP) is 7.04. The number of hydrogen-bond acceptors (Lipinski definition) is 4. The maximum absolute atomic E-state index is 13.1. The van der Waals surface area contributed by atoms with Crippen molar-refractivity contribution in [3.63, 3.8) is 0 Å². The molecule has 1 aliphatic rings. The number of halogens is 2. The fraction of sp³-hybridized carbons (Fsp3) is 0.238. The van der Waals surface area contributed by atoms with Gasteiger partial charge in [-0.1, -0.05) is 73.5 Å². The van der Waals surface area contributed by atoms with Crippen LogP contribution in [0.15, 0.2) is 53.6 Å². The summed E-state index contributed by atoms with van der Waals surface area (Å²) in [5.41, 5.74) is 1.76. The molecule has 0 spiro atoms. The standard InChI is InChI=1S/C21H18Cl2O2S2/c1-3-17(13-5-9-15(22)10-6-13)18-25-19(24)21(4-2,20(26)27-18)14-7-11-16(23)12-8-14/h5-12H,3-4H2,1-2H3/b18-17-/t21-/m1/s1. The third-order valence-corrected chi connectivity index (χ3v) is 6.88. The van der Waals surface area contributed by atoms with E-state index in [1.807, 2.05) is 50.2 Å². The van der Waals surface area contributed by atoms with Crippen LogP contribution < -0.4 is 0 Å². The first-order valence-corrected chi connectivity index (χ1v) is 10.6. The molecule has 0 aliphatic carbocycles. The van der Waals surface area contributed by atoms with Crippen LogP contribution in [0.4, 0.5) is 0 Å². The van der Waals surface area contributed by atoms with E-state index in [2.05, 4.69) is 0 Å². The van der Waals surface area contributed by atoms with Crippen molar-refractivity contribution in [3.05, 3.63) is 74.8 Å². The molecule has 1 fully saturated rings. The highest BCUT2D eigenvalue weighted by atomic mass is 35.5. The highest BCUT2D eigenvalue weighted by Gasteiger charge is 2.49. The molecule has 0 aromatic heterocycles. The molecule has 3 rings (SSSR count). The summed E-state index contributed by atoms with van der Waals surface area (Å²) in [6, 6.07) is 14.7. The van der Waals surface area contributed by atoms with Crippen LogP contribution in [-0.4, -0.2) is 10.2 Å². The quantitative estimate of drug-likeness (QED) is 0.379. The molecule has 0 saturated carbocycles. The average molecular weight is 437 g/mol. The highest BCUT2D eigenvalue weighted by molar-refractivity contribution is 8.26. The van der Waals surface area contributed by atoms with Gasteiger partial charge in [-0.3, -0.25) is 4.79 Å². The number of thiocarbonyl (C=S) groups is 1. The van der Waals surface area contributed by atoms with Crippen LogP contribution in [0.3, 0.4) is 0 Å². The Morgan fingerprint density at radius 1 is 1.04 bits per heavy atom. The van der Waals surface area contributed by atoms with Crippen LogP contribution in [0.5, 0.6) is 0 Å². The molecule has 6 heteroatoms. The first-order chi connectivity index (χ1) is 12.9. The predicted molar refractivity (Wildman–Crippen MR) is 118 cm³/mol. The Hall–Kier alpha value is -1.33. The molecule has 27 heavy (non-hydrogen) atoms. The van der Waals surface area contributed by atoms with Crippen LogP contribution in [0.1, 0.15) is 37.8 Å². The molecule has 2 aromatic carbocycles. The summed E-state index contributed by atoms with van der Waals surface area (Å²) in [7, 11) is 0. The van der Waals surface area contributed by atoms with E-state index in [9.17, 15) is 4.79 Å². The number of allylic oxidation sites excluding steroid dienone is 1. The van der Waals surface area contributed by atoms with Crippen molar-refractivity contribution in [2.45, 2.75) is 32.1 Å². The Balaban J connectivity index is 2.03. The number of cyclic esters (lactones) is 1. The van der Waals surface area contributed by atoms with Crippen LogP contribution >= 0.6 is 47.2 Å². The van der Waals surface area contributed by atoms with Gasteiger partial charge < -0.3 is 4.74 Å². The molecule has 1 atom stereocenters. The summed E-state index contributed by atoms with van der Waals surface area (Å²) < 4.78 is 6.43. The summed E-state index contributed by atoms with van der Waals surface area (Å²) in [4.78, 5) is 13.1. The van der Waals surface area contributed by atoms with Gasteiger partial charge in [0.2, 0.25) is 0 Å². The van der Waals surface area contributed by atoms with Gasteiger partial charge in [0.05, 0.1) is 4.20 Å². The number of carbonyl (C=O) groups excluding carboxylic acids is 1. The molecule has 140 valence electrons. The number of carbonyl (C=O) groups is 1. The van der Waals surface area contributed by atoms with Gasteiger partial charge in [0.15, 0.2) is 5.09 Å². The lowest BCUT2D eigenvalue weighted by atomic mass is 9.79. The molecule has 1 heterocycles. The number of ether oxygens (including phenoxy) is 1. The number of esters is 1. The fourth-order valence-corrected chi connectivity index (χ4v) is 5.17. The van der Waals surface area contributed by atoms with Crippen molar-refractivity contribution in [2.24, 2.45) is 0 Å². The SMILES string of the molecule is CC/C(=C1\OC(=O)[C@@](CC)(c2ccc(Cl)cc2)C(=S)S1)c1ccc(Cl)cc1. The van der Waals surface area contributed by atoms with Crippen molar-refractivity contribution in [1.29, 1.82) is 0 Å². The van der Waals surface area contributed by atoms with E-state index in [0.717, 1.165) is 16.7 Å². The molecular weight excluding hydrogens is 419 g/mol. The monoisotopic (exact) mass is 436 g/mol. The Kier molecular flexibility index (Phi) is 6.32. The molecular formula is C21H18Cl2O2S2. The largest absolute Gasteiger partial charge is 0.418 e. The third-order valence-electron chi connectivity index (χ3n) is 4.73. The van der Waals surface area contributed by atoms with Crippen LogP contribution in [-0.2, 0) is 14.9 Å². The minimum atomic E-state index is -0.951. The van der Waals surface area contributed by atoms with E-state index in [1.54, 1.807) is 12.1 Å². The number of benzene rings is 2. The Morgan fingerprint density at radius 3 is 2.07 bits per heavy atom. The van der Waals surface area contributed by atoms with Crippen molar-refractivity contribution >= 4 is 62.9 Å². The van der Waals surface area contributed by atoms with Crippen molar-refractivity contribution in [3.8, 4) is 0 Å². The number of rotatable bonds is 4. The second-order valence-electron chi connectivity index (χ2n) is 6.17. The van der Waals surface area contributed by atoms with Gasteiger partial charge >= 0.3 is 5.97 Å². The third kappa shape index (κ3) is 3.81. The van der Waals surface area contributed by atoms with E-state index in [4.69, 9.17) is 40.2 Å². The second kappa shape index (κ2) is 8.36. The lowest BCUT2D eigenvalue weighted by molar-refractivity contribution is -0.142. The van der Waals surface area contributed by atoms with E-state index in [-0.39, 0.29) is 5.97 Å². The minimum Gasteiger partial charge on any atom is -0.418 e. The van der Waals surface area contributed by atoms with Gasteiger partial charge in [0.25, 0.3) is 0 Å². The van der Waals surface area contributed by atoms with Gasteiger partial charge in [-0.2, -0.15) is 0 Å². The summed E-state index contributed by atoms with van der Waals surface area (Å²) in [5, 5.41) is 1.83. The zero-order valence-electron chi connectivity index (χ0n) is 14.9. The maximum atomic E-state index is 13.1. The van der Waals surface area contributed by atoms with Gasteiger partial charge in [-0.15, -0.1) is 0 Å². The lowest BCUT2D eigenvalue weighted by Gasteiger charge is -2.36. The molecule has 1 aliphatic heterocycles. The van der Waals surface area contributed by atoms with Gasteiger partial charge in [-0.05, 0) is 60.0 Å². The number of thioether (sulfide) groups is 1. The van der Waals surface area contributed by atoms with Gasteiger partial charge in [-0.25, -0.2) is 0 Å². The Labute approximate surface area is 178 Å². The first kappa shape index (κ1) is 20.4. The van der Waals surface area contributed by atoms with E-state index in [0.29, 0.717) is 32.2 Å². The molecule has 0 amide bonds. The Bertz CT molecular complexity index is 883. The smallest absolute Gasteiger partial charge is 0.328 e. The fourth-order valence-electron chi connectivity index (χ4n) is 3.15. The van der Waals surface area contributed by atoms with E-state index >= 15 is 0 Å². The topological polar surface area (TPSA) is 26.3 Å². The molecule has 0 bridgehead atoms. The first-order valence-electron chi connectivity index (χ1n) is 8.62.